The predicted octanol–water partition coefficient (Wildman–Crippen LogP) is 1.37. The molecule has 0 bridgehead atoms. The second kappa shape index (κ2) is 8.20. The molecule has 2 amide bonds. The van der Waals surface area contributed by atoms with Gasteiger partial charge in [-0.05, 0) is 38.2 Å². The van der Waals surface area contributed by atoms with Gasteiger partial charge in [0.15, 0.2) is 0 Å². The maximum absolute atomic E-state index is 12.6. The number of aryl methyl sites for hydroxylation is 1. The molecule has 8 nitrogen and oxygen atoms in total. The molecule has 0 aromatic carbocycles. The van der Waals surface area contributed by atoms with Gasteiger partial charge in [0.2, 0.25) is 0 Å². The van der Waals surface area contributed by atoms with Crippen molar-refractivity contribution in [2.75, 3.05) is 27.2 Å². The zero-order valence-electron chi connectivity index (χ0n) is 15.9. The zero-order valence-corrected chi connectivity index (χ0v) is 15.9. The summed E-state index contributed by atoms with van der Waals surface area (Å²) < 4.78 is 0. The fraction of sp³-hybridized carbons (Fsp3) is 0.474. The average molecular weight is 368 g/mol. The molecular weight excluding hydrogens is 344 g/mol. The van der Waals surface area contributed by atoms with Crippen molar-refractivity contribution >= 4 is 11.8 Å². The number of carbonyl (C=O) groups is 2. The molecule has 2 aromatic heterocycles. The van der Waals surface area contributed by atoms with Gasteiger partial charge in [-0.2, -0.15) is 0 Å². The van der Waals surface area contributed by atoms with Gasteiger partial charge in [0.25, 0.3) is 11.8 Å². The Labute approximate surface area is 158 Å². The fourth-order valence-electron chi connectivity index (χ4n) is 3.38. The maximum atomic E-state index is 12.6. The molecule has 142 valence electrons. The second-order valence-electron chi connectivity index (χ2n) is 7.08. The molecule has 1 aliphatic heterocycles. The van der Waals surface area contributed by atoms with E-state index >= 15 is 0 Å². The Kier molecular flexibility index (Phi) is 5.73. The lowest BCUT2D eigenvalue weighted by Crippen LogP contribution is -2.40. The average Bonchev–Trinajstić information content (AvgIpc) is 2.67. The van der Waals surface area contributed by atoms with E-state index < -0.39 is 0 Å². The summed E-state index contributed by atoms with van der Waals surface area (Å²) in [5.41, 5.74) is 1.76. The van der Waals surface area contributed by atoms with Crippen LogP contribution >= 0.6 is 0 Å². The van der Waals surface area contributed by atoms with E-state index in [0.29, 0.717) is 36.0 Å². The molecule has 3 heterocycles. The molecule has 0 spiro atoms. The minimum atomic E-state index is -0.133. The van der Waals surface area contributed by atoms with Crippen molar-refractivity contribution in [1.82, 2.24) is 29.7 Å². The Balaban J connectivity index is 1.71. The van der Waals surface area contributed by atoms with Gasteiger partial charge in [-0.1, -0.05) is 0 Å². The van der Waals surface area contributed by atoms with Gasteiger partial charge in [-0.15, -0.1) is 0 Å². The molecule has 3 rings (SSSR count). The summed E-state index contributed by atoms with van der Waals surface area (Å²) in [6.45, 7) is 3.19. The van der Waals surface area contributed by atoms with Crippen molar-refractivity contribution in [3.63, 3.8) is 0 Å². The lowest BCUT2D eigenvalue weighted by molar-refractivity contribution is 0.0671. The topological polar surface area (TPSA) is 92.2 Å². The molecule has 0 radical (unpaired) electrons. The Bertz CT molecular complexity index is 824. The first-order valence-corrected chi connectivity index (χ1v) is 9.04. The number of carbonyl (C=O) groups excluding carboxylic acids is 2. The quantitative estimate of drug-likeness (QED) is 0.809. The van der Waals surface area contributed by atoms with E-state index in [-0.39, 0.29) is 11.8 Å². The van der Waals surface area contributed by atoms with Crippen LogP contribution in [0.25, 0.3) is 0 Å². The van der Waals surface area contributed by atoms with Crippen LogP contribution in [-0.4, -0.2) is 68.7 Å². The van der Waals surface area contributed by atoms with Crippen LogP contribution in [0.5, 0.6) is 0 Å². The summed E-state index contributed by atoms with van der Waals surface area (Å²) in [5.74, 6) is 0.709. The number of likely N-dealkylation sites (tertiary alicyclic amines) is 1. The highest BCUT2D eigenvalue weighted by Crippen LogP contribution is 2.22. The normalized spacial score (nSPS) is 16.9. The number of aromatic nitrogens is 4. The van der Waals surface area contributed by atoms with Crippen LogP contribution in [0.1, 0.15) is 45.2 Å². The van der Waals surface area contributed by atoms with E-state index in [1.165, 1.54) is 11.2 Å². The van der Waals surface area contributed by atoms with Crippen molar-refractivity contribution in [3.05, 3.63) is 47.6 Å². The first kappa shape index (κ1) is 18.9. The first-order chi connectivity index (χ1) is 12.9. The Morgan fingerprint density at radius 1 is 1.22 bits per heavy atom. The van der Waals surface area contributed by atoms with Crippen molar-refractivity contribution < 1.29 is 9.59 Å². The zero-order chi connectivity index (χ0) is 19.4. The fourth-order valence-corrected chi connectivity index (χ4v) is 3.38. The number of piperidine rings is 1. The molecule has 1 aliphatic rings. The van der Waals surface area contributed by atoms with Crippen LogP contribution in [-0.2, 0) is 6.42 Å². The first-order valence-electron chi connectivity index (χ1n) is 9.04. The van der Waals surface area contributed by atoms with Gasteiger partial charge in [0.05, 0.1) is 5.56 Å². The lowest BCUT2D eigenvalue weighted by Gasteiger charge is -2.32. The van der Waals surface area contributed by atoms with E-state index in [1.807, 2.05) is 4.90 Å². The van der Waals surface area contributed by atoms with Crippen LogP contribution in [0.4, 0.5) is 0 Å². The Morgan fingerprint density at radius 3 is 2.67 bits per heavy atom. The third kappa shape index (κ3) is 4.64. The summed E-state index contributed by atoms with van der Waals surface area (Å²) in [5, 5.41) is 0. The van der Waals surface area contributed by atoms with E-state index in [9.17, 15) is 9.59 Å². The highest BCUT2D eigenvalue weighted by Gasteiger charge is 2.25. The standard InChI is InChI=1S/C19H24N6O2/c1-13-22-16(8-17(23-13)19(27)24(2)3)7-14-5-4-6-25(11-14)18(26)15-9-20-12-21-10-15/h8-10,12,14H,4-7,11H2,1-3H3/t14-/m1/s1. The molecule has 2 aromatic rings. The summed E-state index contributed by atoms with van der Waals surface area (Å²) in [7, 11) is 3.41. The van der Waals surface area contributed by atoms with Crippen LogP contribution in [0, 0.1) is 12.8 Å². The number of rotatable bonds is 4. The van der Waals surface area contributed by atoms with Crippen LogP contribution in [0.2, 0.25) is 0 Å². The molecule has 8 heteroatoms. The predicted molar refractivity (Wildman–Crippen MR) is 99.2 cm³/mol. The number of hydrogen-bond acceptors (Lipinski definition) is 6. The molecule has 1 saturated heterocycles. The summed E-state index contributed by atoms with van der Waals surface area (Å²) in [6.07, 6.45) is 7.19. The highest BCUT2D eigenvalue weighted by molar-refractivity contribution is 5.93. The molecule has 0 N–H and O–H groups in total. The summed E-state index contributed by atoms with van der Waals surface area (Å²) in [4.78, 5) is 44.8. The van der Waals surface area contributed by atoms with Crippen LogP contribution in [0.3, 0.4) is 0 Å². The van der Waals surface area contributed by atoms with Gasteiger partial charge < -0.3 is 9.80 Å². The van der Waals surface area contributed by atoms with Gasteiger partial charge in [0, 0.05) is 45.3 Å². The minimum Gasteiger partial charge on any atom is -0.343 e. The minimum absolute atomic E-state index is 0.0392. The van der Waals surface area contributed by atoms with Crippen LogP contribution < -0.4 is 0 Å². The maximum Gasteiger partial charge on any atom is 0.272 e. The van der Waals surface area contributed by atoms with Crippen molar-refractivity contribution in [3.8, 4) is 0 Å². The highest BCUT2D eigenvalue weighted by atomic mass is 16.2. The van der Waals surface area contributed by atoms with E-state index in [1.54, 1.807) is 39.5 Å². The molecule has 1 atom stereocenters. The number of amides is 2. The van der Waals surface area contributed by atoms with Gasteiger partial charge in [-0.3, -0.25) is 9.59 Å². The molecular formula is C19H24N6O2. The molecule has 1 fully saturated rings. The van der Waals surface area contributed by atoms with Crippen LogP contribution in [0.15, 0.2) is 24.8 Å². The monoisotopic (exact) mass is 368 g/mol. The van der Waals surface area contributed by atoms with Crippen molar-refractivity contribution in [2.24, 2.45) is 5.92 Å². The third-order valence-electron chi connectivity index (χ3n) is 4.63. The van der Waals surface area contributed by atoms with Gasteiger partial charge in [0.1, 0.15) is 17.8 Å². The van der Waals surface area contributed by atoms with E-state index in [0.717, 1.165) is 25.1 Å². The molecule has 0 unspecified atom stereocenters. The largest absolute Gasteiger partial charge is 0.343 e. The Hall–Kier alpha value is -2.90. The smallest absolute Gasteiger partial charge is 0.272 e. The molecule has 0 aliphatic carbocycles. The van der Waals surface area contributed by atoms with Crippen molar-refractivity contribution in [2.45, 2.75) is 26.2 Å². The van der Waals surface area contributed by atoms with Gasteiger partial charge >= 0.3 is 0 Å². The SMILES string of the molecule is Cc1nc(C[C@H]2CCCN(C(=O)c3cncnc3)C2)cc(C(=O)N(C)C)n1. The third-order valence-corrected chi connectivity index (χ3v) is 4.63. The summed E-state index contributed by atoms with van der Waals surface area (Å²) >= 11 is 0. The Morgan fingerprint density at radius 2 is 1.96 bits per heavy atom. The molecule has 27 heavy (non-hydrogen) atoms. The molecule has 0 saturated carbocycles. The summed E-state index contributed by atoms with van der Waals surface area (Å²) in [6, 6.07) is 1.77. The lowest BCUT2D eigenvalue weighted by atomic mass is 9.92. The van der Waals surface area contributed by atoms with E-state index in [4.69, 9.17) is 0 Å². The number of hydrogen-bond donors (Lipinski definition) is 0. The van der Waals surface area contributed by atoms with E-state index in [2.05, 4.69) is 19.9 Å². The number of nitrogens with zero attached hydrogens (tertiary/aromatic N) is 6. The van der Waals surface area contributed by atoms with Crippen molar-refractivity contribution in [1.29, 1.82) is 0 Å². The second-order valence-corrected chi connectivity index (χ2v) is 7.08. The van der Waals surface area contributed by atoms with Gasteiger partial charge in [-0.25, -0.2) is 19.9 Å².